The normalized spacial score (nSPS) is 18.0. The van der Waals surface area contributed by atoms with Crippen LogP contribution in [0.15, 0.2) is 40.9 Å². The summed E-state index contributed by atoms with van der Waals surface area (Å²) in [4.78, 5) is 13.4. The van der Waals surface area contributed by atoms with E-state index in [1.165, 1.54) is 19.3 Å². The van der Waals surface area contributed by atoms with Gasteiger partial charge < -0.3 is 26.8 Å². The van der Waals surface area contributed by atoms with Gasteiger partial charge in [-0.2, -0.15) is 0 Å². The van der Waals surface area contributed by atoms with Crippen molar-refractivity contribution in [1.82, 2.24) is 4.90 Å². The topological polar surface area (TPSA) is 108 Å². The van der Waals surface area contributed by atoms with Gasteiger partial charge >= 0.3 is 5.97 Å². The predicted molar refractivity (Wildman–Crippen MR) is 94.8 cm³/mol. The molecule has 1 aliphatic rings. The molecule has 1 unspecified atom stereocenters. The minimum Gasteiger partial charge on any atom is -0.465 e. The first kappa shape index (κ1) is 18.9. The molecule has 1 heterocycles. The van der Waals surface area contributed by atoms with Crippen molar-refractivity contribution in [1.29, 1.82) is 0 Å². The first-order chi connectivity index (χ1) is 11.8. The van der Waals surface area contributed by atoms with Gasteiger partial charge in [0.1, 0.15) is 16.8 Å². The third-order valence-corrected chi connectivity index (χ3v) is 4.30. The molecule has 1 aliphatic heterocycles. The number of carbonyl (C=O) groups excluding carboxylic acids is 1. The lowest BCUT2D eigenvalue weighted by atomic mass is 9.89. The summed E-state index contributed by atoms with van der Waals surface area (Å²) in [5.74, 6) is -0.974. The Hall–Kier alpha value is -2.41. The molecule has 1 fully saturated rings. The number of allylic oxidation sites excluding steroid dienone is 1. The van der Waals surface area contributed by atoms with Crippen LogP contribution in [0.3, 0.4) is 0 Å². The highest BCUT2D eigenvalue weighted by molar-refractivity contribution is 6.29. The van der Waals surface area contributed by atoms with E-state index in [9.17, 15) is 9.18 Å². The van der Waals surface area contributed by atoms with Crippen molar-refractivity contribution in [3.8, 4) is 0 Å². The Kier molecular flexibility index (Phi) is 6.14. The Labute approximate surface area is 151 Å². The number of halogens is 2. The zero-order valence-electron chi connectivity index (χ0n) is 14.0. The van der Waals surface area contributed by atoms with E-state index in [0.717, 1.165) is 12.8 Å². The lowest BCUT2D eigenvalue weighted by molar-refractivity contribution is 0.0600. The second-order valence-electron chi connectivity index (χ2n) is 5.88. The van der Waals surface area contributed by atoms with Crippen LogP contribution in [0.1, 0.15) is 34.7 Å². The highest BCUT2D eigenvalue weighted by Gasteiger charge is 2.26. The zero-order valence-corrected chi connectivity index (χ0v) is 14.7. The van der Waals surface area contributed by atoms with Crippen LogP contribution in [0.25, 0.3) is 0 Å². The Morgan fingerprint density at radius 1 is 1.40 bits per heavy atom. The number of likely N-dealkylation sites (tertiary alicyclic amines) is 1. The van der Waals surface area contributed by atoms with Gasteiger partial charge in [0.2, 0.25) is 0 Å². The molecular formula is C17H22ClFN4O2. The number of benzene rings is 1. The summed E-state index contributed by atoms with van der Waals surface area (Å²) in [6.45, 7) is 1.23. The summed E-state index contributed by atoms with van der Waals surface area (Å²) in [7, 11) is 1.26. The zero-order chi connectivity index (χ0) is 18.6. The van der Waals surface area contributed by atoms with E-state index in [-0.39, 0.29) is 22.5 Å². The summed E-state index contributed by atoms with van der Waals surface area (Å²) < 4.78 is 19.1. The third-order valence-electron chi connectivity index (χ3n) is 4.19. The van der Waals surface area contributed by atoms with Crippen LogP contribution >= 0.6 is 11.6 Å². The molecule has 0 bridgehead atoms. The van der Waals surface area contributed by atoms with Gasteiger partial charge in [-0.15, -0.1) is 0 Å². The van der Waals surface area contributed by atoms with E-state index in [1.807, 2.05) is 4.90 Å². The molecule has 6 N–H and O–H groups in total. The second kappa shape index (κ2) is 8.11. The molecule has 6 nitrogen and oxygen atoms in total. The van der Waals surface area contributed by atoms with Crippen molar-refractivity contribution >= 4 is 17.6 Å². The van der Waals surface area contributed by atoms with E-state index in [4.69, 9.17) is 28.8 Å². The number of ether oxygens (including phenoxy) is 1. The van der Waals surface area contributed by atoms with Gasteiger partial charge in [0.05, 0.1) is 18.4 Å². The fourth-order valence-electron chi connectivity index (χ4n) is 3.04. The Morgan fingerprint density at radius 3 is 2.68 bits per heavy atom. The molecule has 1 atom stereocenters. The van der Waals surface area contributed by atoms with Gasteiger partial charge in [-0.1, -0.05) is 17.7 Å². The van der Waals surface area contributed by atoms with Crippen LogP contribution in [-0.4, -0.2) is 31.1 Å². The molecule has 0 aliphatic carbocycles. The average Bonchev–Trinajstić information content (AvgIpc) is 2.58. The molecule has 0 radical (unpaired) electrons. The van der Waals surface area contributed by atoms with Crippen LogP contribution in [0.5, 0.6) is 0 Å². The van der Waals surface area contributed by atoms with Gasteiger partial charge in [-0.3, -0.25) is 0 Å². The molecule has 1 aromatic carbocycles. The molecule has 1 saturated heterocycles. The number of hydrogen-bond donors (Lipinski definition) is 3. The summed E-state index contributed by atoms with van der Waals surface area (Å²) in [5.41, 5.74) is 18.2. The number of piperidine rings is 1. The quantitative estimate of drug-likeness (QED) is 0.425. The molecule has 2 rings (SSSR count). The van der Waals surface area contributed by atoms with E-state index in [2.05, 4.69) is 4.74 Å². The minimum absolute atomic E-state index is 0.0686. The largest absolute Gasteiger partial charge is 0.465 e. The van der Waals surface area contributed by atoms with E-state index in [1.54, 1.807) is 12.1 Å². The molecule has 1 aromatic rings. The molecule has 0 saturated carbocycles. The van der Waals surface area contributed by atoms with Gasteiger partial charge in [0.25, 0.3) is 0 Å². The number of hydrogen-bond acceptors (Lipinski definition) is 6. The summed E-state index contributed by atoms with van der Waals surface area (Å²) in [6, 6.07) is 4.38. The monoisotopic (exact) mass is 368 g/mol. The van der Waals surface area contributed by atoms with Gasteiger partial charge in [0, 0.05) is 19.0 Å². The Bertz CT molecular complexity index is 713. The van der Waals surface area contributed by atoms with Crippen molar-refractivity contribution in [2.75, 3.05) is 20.2 Å². The Balaban J connectivity index is 2.25. The predicted octanol–water partition coefficient (Wildman–Crippen LogP) is 1.92. The highest BCUT2D eigenvalue weighted by atomic mass is 35.5. The molecule has 0 aromatic heterocycles. The number of methoxy groups -OCH3 is 1. The average molecular weight is 369 g/mol. The van der Waals surface area contributed by atoms with Crippen LogP contribution < -0.4 is 17.2 Å². The van der Waals surface area contributed by atoms with E-state index < -0.39 is 11.8 Å². The van der Waals surface area contributed by atoms with Gasteiger partial charge in [0.15, 0.2) is 0 Å². The maximum Gasteiger partial charge on any atom is 0.337 e. The second-order valence-corrected chi connectivity index (χ2v) is 6.32. The maximum atomic E-state index is 14.5. The SMILES string of the molecule is COC(=O)c1ccc(C2CCCN(C(/C=C(\N)Cl)=C(N)N)C2)c(F)c1. The standard InChI is InChI=1S/C17H22ClFN4O2/c1-25-17(24)10-4-5-12(13(19)7-10)11-3-2-6-23(9-11)14(16(21)22)8-15(18)20/h4-5,7-8,11H,2-3,6,9,20-22H2,1H3/b15-8-. The van der Waals surface area contributed by atoms with E-state index in [0.29, 0.717) is 24.4 Å². The fraction of sp³-hybridized carbons (Fsp3) is 0.353. The van der Waals surface area contributed by atoms with Crippen LogP contribution in [0, 0.1) is 5.82 Å². The first-order valence-corrected chi connectivity index (χ1v) is 8.22. The molecular weight excluding hydrogens is 347 g/mol. The molecule has 0 spiro atoms. The first-order valence-electron chi connectivity index (χ1n) is 7.84. The van der Waals surface area contributed by atoms with Crippen molar-refractivity contribution in [2.24, 2.45) is 17.2 Å². The van der Waals surface area contributed by atoms with E-state index >= 15 is 0 Å². The lowest BCUT2D eigenvalue weighted by Gasteiger charge is -2.35. The minimum atomic E-state index is -0.570. The smallest absolute Gasteiger partial charge is 0.337 e. The number of esters is 1. The summed E-state index contributed by atoms with van der Waals surface area (Å²) in [6.07, 6.45) is 3.13. The van der Waals surface area contributed by atoms with Crippen molar-refractivity contribution in [3.05, 3.63) is 57.9 Å². The van der Waals surface area contributed by atoms with Crippen LogP contribution in [-0.2, 0) is 4.74 Å². The molecule has 8 heteroatoms. The number of nitrogens with zero attached hydrogens (tertiary/aromatic N) is 1. The molecule has 25 heavy (non-hydrogen) atoms. The maximum absolute atomic E-state index is 14.5. The third kappa shape index (κ3) is 4.57. The fourth-order valence-corrected chi connectivity index (χ4v) is 3.14. The van der Waals surface area contributed by atoms with Gasteiger partial charge in [-0.05, 0) is 36.6 Å². The van der Waals surface area contributed by atoms with Gasteiger partial charge in [-0.25, -0.2) is 9.18 Å². The van der Waals surface area contributed by atoms with Crippen LogP contribution in [0.2, 0.25) is 0 Å². The van der Waals surface area contributed by atoms with Crippen molar-refractivity contribution < 1.29 is 13.9 Å². The summed E-state index contributed by atoms with van der Waals surface area (Å²) in [5, 5.41) is 0.0686. The number of carbonyl (C=O) groups is 1. The van der Waals surface area contributed by atoms with Crippen molar-refractivity contribution in [3.63, 3.8) is 0 Å². The molecule has 136 valence electrons. The number of nitrogens with two attached hydrogens (primary N) is 3. The summed E-state index contributed by atoms with van der Waals surface area (Å²) >= 11 is 5.74. The highest BCUT2D eigenvalue weighted by Crippen LogP contribution is 2.31. The number of rotatable bonds is 4. The lowest BCUT2D eigenvalue weighted by Crippen LogP contribution is -2.36. The Morgan fingerprint density at radius 2 is 2.12 bits per heavy atom. The van der Waals surface area contributed by atoms with Crippen molar-refractivity contribution in [2.45, 2.75) is 18.8 Å². The van der Waals surface area contributed by atoms with Crippen LogP contribution in [0.4, 0.5) is 4.39 Å². The molecule has 0 amide bonds.